The van der Waals surface area contributed by atoms with Crippen molar-refractivity contribution in [3.63, 3.8) is 0 Å². The average molecular weight is 240 g/mol. The van der Waals surface area contributed by atoms with Crippen molar-refractivity contribution in [1.82, 2.24) is 5.32 Å². The molecule has 4 nitrogen and oxygen atoms in total. The summed E-state index contributed by atoms with van der Waals surface area (Å²) in [6.45, 7) is 1.50. The van der Waals surface area contributed by atoms with E-state index >= 15 is 0 Å². The van der Waals surface area contributed by atoms with Crippen molar-refractivity contribution < 1.29 is 9.90 Å². The summed E-state index contributed by atoms with van der Waals surface area (Å²) in [6, 6.07) is 0. The van der Waals surface area contributed by atoms with Gasteiger partial charge in [0, 0.05) is 12.5 Å². The Balaban J connectivity index is 1.63. The Morgan fingerprint density at radius 1 is 1.18 bits per heavy atom. The van der Waals surface area contributed by atoms with E-state index in [4.69, 9.17) is 10.8 Å². The van der Waals surface area contributed by atoms with E-state index in [0.29, 0.717) is 11.8 Å². The number of nitrogens with two attached hydrogens (primary N) is 1. The zero-order chi connectivity index (χ0) is 12.3. The SMILES string of the molecule is NCC1CCC(C(=O)NCC2CC(O)C2)CC1. The van der Waals surface area contributed by atoms with Crippen molar-refractivity contribution in [3.05, 3.63) is 0 Å². The molecule has 4 heteroatoms. The van der Waals surface area contributed by atoms with Crippen LogP contribution >= 0.6 is 0 Å². The first-order chi connectivity index (χ1) is 8.19. The maximum Gasteiger partial charge on any atom is 0.223 e. The Kier molecular flexibility index (Phi) is 4.40. The molecule has 0 heterocycles. The highest BCUT2D eigenvalue weighted by Crippen LogP contribution is 2.29. The van der Waals surface area contributed by atoms with Crippen LogP contribution in [0.15, 0.2) is 0 Å². The van der Waals surface area contributed by atoms with Gasteiger partial charge in [0.1, 0.15) is 0 Å². The molecule has 17 heavy (non-hydrogen) atoms. The monoisotopic (exact) mass is 240 g/mol. The topological polar surface area (TPSA) is 75.4 Å². The maximum absolute atomic E-state index is 11.9. The Labute approximate surface area is 103 Å². The van der Waals surface area contributed by atoms with Gasteiger partial charge >= 0.3 is 0 Å². The summed E-state index contributed by atoms with van der Waals surface area (Å²) in [6.07, 6.45) is 5.73. The number of hydrogen-bond donors (Lipinski definition) is 3. The van der Waals surface area contributed by atoms with Gasteiger partial charge < -0.3 is 16.2 Å². The van der Waals surface area contributed by atoms with Crippen molar-refractivity contribution in [2.24, 2.45) is 23.5 Å². The van der Waals surface area contributed by atoms with Gasteiger partial charge in [0.15, 0.2) is 0 Å². The first-order valence-corrected chi connectivity index (χ1v) is 6.85. The first kappa shape index (κ1) is 12.8. The van der Waals surface area contributed by atoms with Crippen LogP contribution in [0, 0.1) is 17.8 Å². The number of hydrogen-bond acceptors (Lipinski definition) is 3. The third-order valence-electron chi connectivity index (χ3n) is 4.33. The van der Waals surface area contributed by atoms with Crippen LogP contribution in [-0.2, 0) is 4.79 Å². The smallest absolute Gasteiger partial charge is 0.223 e. The van der Waals surface area contributed by atoms with Gasteiger partial charge in [0.25, 0.3) is 0 Å². The molecule has 0 unspecified atom stereocenters. The number of aliphatic hydroxyl groups is 1. The third kappa shape index (κ3) is 3.42. The lowest BCUT2D eigenvalue weighted by Gasteiger charge is -2.32. The van der Waals surface area contributed by atoms with Gasteiger partial charge in [-0.2, -0.15) is 0 Å². The second kappa shape index (κ2) is 5.83. The van der Waals surface area contributed by atoms with Gasteiger partial charge in [0.2, 0.25) is 5.91 Å². The summed E-state index contributed by atoms with van der Waals surface area (Å²) in [7, 11) is 0. The van der Waals surface area contributed by atoms with Gasteiger partial charge in [0.05, 0.1) is 6.10 Å². The van der Waals surface area contributed by atoms with Crippen LogP contribution in [0.25, 0.3) is 0 Å². The zero-order valence-corrected chi connectivity index (χ0v) is 10.4. The molecule has 0 aromatic carbocycles. The van der Waals surface area contributed by atoms with Crippen LogP contribution in [0.1, 0.15) is 38.5 Å². The highest BCUT2D eigenvalue weighted by molar-refractivity contribution is 5.78. The van der Waals surface area contributed by atoms with Crippen LogP contribution < -0.4 is 11.1 Å². The summed E-state index contributed by atoms with van der Waals surface area (Å²) >= 11 is 0. The molecule has 0 saturated heterocycles. The minimum Gasteiger partial charge on any atom is -0.393 e. The van der Waals surface area contributed by atoms with E-state index in [1.54, 1.807) is 0 Å². The molecule has 2 aliphatic carbocycles. The number of amides is 1. The van der Waals surface area contributed by atoms with Crippen LogP contribution in [0.4, 0.5) is 0 Å². The number of rotatable bonds is 4. The van der Waals surface area contributed by atoms with Crippen molar-refractivity contribution in [3.8, 4) is 0 Å². The molecule has 2 saturated carbocycles. The molecule has 2 fully saturated rings. The molecule has 1 amide bonds. The molecular formula is C13H24N2O2. The summed E-state index contributed by atoms with van der Waals surface area (Å²) < 4.78 is 0. The lowest BCUT2D eigenvalue weighted by molar-refractivity contribution is -0.126. The number of aliphatic hydroxyl groups excluding tert-OH is 1. The highest BCUT2D eigenvalue weighted by atomic mass is 16.3. The lowest BCUT2D eigenvalue weighted by Crippen LogP contribution is -2.41. The van der Waals surface area contributed by atoms with Crippen molar-refractivity contribution in [2.75, 3.05) is 13.1 Å². The van der Waals surface area contributed by atoms with Gasteiger partial charge in [-0.05, 0) is 56.9 Å². The molecule has 4 N–H and O–H groups in total. The van der Waals surface area contributed by atoms with Gasteiger partial charge in [-0.25, -0.2) is 0 Å². The fourth-order valence-corrected chi connectivity index (χ4v) is 2.92. The average Bonchev–Trinajstić information content (AvgIpc) is 2.33. The second-order valence-corrected chi connectivity index (χ2v) is 5.69. The Morgan fingerprint density at radius 2 is 1.82 bits per heavy atom. The summed E-state index contributed by atoms with van der Waals surface area (Å²) in [5.41, 5.74) is 5.64. The summed E-state index contributed by atoms with van der Waals surface area (Å²) in [5, 5.41) is 12.2. The molecule has 0 aliphatic heterocycles. The fourth-order valence-electron chi connectivity index (χ4n) is 2.92. The zero-order valence-electron chi connectivity index (χ0n) is 10.4. The fraction of sp³-hybridized carbons (Fsp3) is 0.923. The van der Waals surface area contributed by atoms with E-state index in [-0.39, 0.29) is 17.9 Å². The number of nitrogens with one attached hydrogen (secondary N) is 1. The van der Waals surface area contributed by atoms with Gasteiger partial charge in [-0.1, -0.05) is 0 Å². The van der Waals surface area contributed by atoms with Crippen LogP contribution in [-0.4, -0.2) is 30.2 Å². The molecule has 2 rings (SSSR count). The van der Waals surface area contributed by atoms with Crippen LogP contribution in [0.2, 0.25) is 0 Å². The Bertz CT molecular complexity index is 256. The Hall–Kier alpha value is -0.610. The molecule has 0 spiro atoms. The van der Waals surface area contributed by atoms with E-state index in [2.05, 4.69) is 5.32 Å². The van der Waals surface area contributed by atoms with Crippen molar-refractivity contribution in [2.45, 2.75) is 44.6 Å². The normalized spacial score (nSPS) is 37.3. The molecule has 0 aromatic rings. The molecule has 0 radical (unpaired) electrons. The van der Waals surface area contributed by atoms with Gasteiger partial charge in [-0.15, -0.1) is 0 Å². The summed E-state index contributed by atoms with van der Waals surface area (Å²) in [4.78, 5) is 11.9. The second-order valence-electron chi connectivity index (χ2n) is 5.69. The first-order valence-electron chi connectivity index (χ1n) is 6.85. The van der Waals surface area contributed by atoms with Crippen molar-refractivity contribution in [1.29, 1.82) is 0 Å². The largest absolute Gasteiger partial charge is 0.393 e. The molecule has 0 bridgehead atoms. The Morgan fingerprint density at radius 3 is 2.35 bits per heavy atom. The highest BCUT2D eigenvalue weighted by Gasteiger charge is 2.29. The predicted octanol–water partition coefficient (Wildman–Crippen LogP) is 0.639. The standard InChI is InChI=1S/C13H24N2O2/c14-7-9-1-3-11(4-2-9)13(17)15-8-10-5-12(16)6-10/h9-12,16H,1-8,14H2,(H,15,17). The van der Waals surface area contributed by atoms with E-state index in [9.17, 15) is 4.79 Å². The lowest BCUT2D eigenvalue weighted by atomic mass is 9.80. The minimum atomic E-state index is -0.128. The van der Waals surface area contributed by atoms with Crippen LogP contribution in [0.5, 0.6) is 0 Å². The molecule has 0 atom stereocenters. The number of carbonyl (C=O) groups excluding carboxylic acids is 1. The number of carbonyl (C=O) groups is 1. The van der Waals surface area contributed by atoms with Crippen LogP contribution in [0.3, 0.4) is 0 Å². The van der Waals surface area contributed by atoms with E-state index in [1.807, 2.05) is 0 Å². The molecular weight excluding hydrogens is 216 g/mol. The third-order valence-corrected chi connectivity index (χ3v) is 4.33. The maximum atomic E-state index is 11.9. The van der Waals surface area contributed by atoms with E-state index < -0.39 is 0 Å². The minimum absolute atomic E-state index is 0.128. The van der Waals surface area contributed by atoms with E-state index in [0.717, 1.165) is 51.6 Å². The van der Waals surface area contributed by atoms with Crippen molar-refractivity contribution >= 4 is 5.91 Å². The van der Waals surface area contributed by atoms with Gasteiger partial charge in [-0.3, -0.25) is 4.79 Å². The van der Waals surface area contributed by atoms with E-state index in [1.165, 1.54) is 0 Å². The quantitative estimate of drug-likeness (QED) is 0.675. The molecule has 98 valence electrons. The molecule has 0 aromatic heterocycles. The molecule has 2 aliphatic rings. The summed E-state index contributed by atoms with van der Waals surface area (Å²) in [5.74, 6) is 1.53. The predicted molar refractivity (Wildman–Crippen MR) is 66.2 cm³/mol.